The maximum atomic E-state index is 13.1. The highest BCUT2D eigenvalue weighted by Crippen LogP contribution is 2.52. The Kier molecular flexibility index (Phi) is 4.80. The molecule has 5 rings (SSSR count). The largest absolute Gasteiger partial charge is 0.416 e. The Morgan fingerprint density at radius 2 is 1.94 bits per heavy atom. The van der Waals surface area contributed by atoms with Gasteiger partial charge in [0, 0.05) is 23.8 Å². The average Bonchev–Trinajstić information content (AvgIpc) is 3.35. The standard InChI is InChI=1S/C24H25F3N4O/c1-14(17-4-3-5-18(10-17)24(25,26)27)28-22-19-13-31(23-8-6-16(12-23)7-9-23)21(32)11-20(19)29-15(2)30-22/h3-5,10-11,13-14,16H,6-9,12H2,1-2H3,(H,28,29,30)/t14-,16?,23?/m1/s1. The molecule has 2 aliphatic rings. The quantitative estimate of drug-likeness (QED) is 0.573. The van der Waals surface area contributed by atoms with E-state index in [9.17, 15) is 18.0 Å². The van der Waals surface area contributed by atoms with E-state index in [2.05, 4.69) is 15.3 Å². The zero-order valence-corrected chi connectivity index (χ0v) is 18.0. The van der Waals surface area contributed by atoms with Crippen molar-refractivity contribution in [1.82, 2.24) is 14.5 Å². The van der Waals surface area contributed by atoms with Gasteiger partial charge in [-0.2, -0.15) is 13.2 Å². The van der Waals surface area contributed by atoms with Gasteiger partial charge in [-0.25, -0.2) is 9.97 Å². The first kappa shape index (κ1) is 21.0. The molecule has 1 atom stereocenters. The zero-order valence-electron chi connectivity index (χ0n) is 18.0. The molecule has 2 saturated carbocycles. The van der Waals surface area contributed by atoms with Crippen LogP contribution in [0.25, 0.3) is 10.9 Å². The second kappa shape index (κ2) is 7.32. The molecule has 168 valence electrons. The number of hydrogen-bond donors (Lipinski definition) is 1. The lowest BCUT2D eigenvalue weighted by Gasteiger charge is -2.30. The highest BCUT2D eigenvalue weighted by atomic mass is 19.4. The molecule has 2 aliphatic carbocycles. The van der Waals surface area contributed by atoms with E-state index in [1.165, 1.54) is 6.07 Å². The lowest BCUT2D eigenvalue weighted by Crippen LogP contribution is -2.37. The van der Waals surface area contributed by atoms with Gasteiger partial charge in [-0.05, 0) is 69.6 Å². The molecule has 0 aliphatic heterocycles. The second-order valence-electron chi connectivity index (χ2n) is 9.26. The van der Waals surface area contributed by atoms with Crippen LogP contribution in [0.5, 0.6) is 0 Å². The average molecular weight is 442 g/mol. The number of alkyl halides is 3. The highest BCUT2D eigenvalue weighted by Gasteiger charge is 2.46. The molecule has 32 heavy (non-hydrogen) atoms. The summed E-state index contributed by atoms with van der Waals surface area (Å²) in [6.45, 7) is 3.54. The lowest BCUT2D eigenvalue weighted by atomic mass is 9.93. The van der Waals surface area contributed by atoms with E-state index in [0.717, 1.165) is 44.2 Å². The molecule has 2 heterocycles. The van der Waals surface area contributed by atoms with E-state index >= 15 is 0 Å². The van der Waals surface area contributed by atoms with Gasteiger partial charge in [-0.1, -0.05) is 12.1 Å². The lowest BCUT2D eigenvalue weighted by molar-refractivity contribution is -0.137. The van der Waals surface area contributed by atoms with E-state index in [1.807, 2.05) is 10.8 Å². The molecule has 2 bridgehead atoms. The summed E-state index contributed by atoms with van der Waals surface area (Å²) in [6, 6.07) is 6.43. The van der Waals surface area contributed by atoms with Crippen molar-refractivity contribution < 1.29 is 13.2 Å². The van der Waals surface area contributed by atoms with E-state index in [4.69, 9.17) is 0 Å². The van der Waals surface area contributed by atoms with Gasteiger partial charge in [0.25, 0.3) is 5.56 Å². The Morgan fingerprint density at radius 3 is 2.59 bits per heavy atom. The van der Waals surface area contributed by atoms with Crippen molar-refractivity contribution in [3.05, 3.63) is 63.8 Å². The number of benzene rings is 1. The van der Waals surface area contributed by atoms with Gasteiger partial charge in [-0.3, -0.25) is 4.79 Å². The summed E-state index contributed by atoms with van der Waals surface area (Å²) in [5.74, 6) is 1.70. The Hall–Kier alpha value is -2.90. The predicted molar refractivity (Wildman–Crippen MR) is 117 cm³/mol. The maximum Gasteiger partial charge on any atom is 0.416 e. The minimum Gasteiger partial charge on any atom is -0.363 e. The third kappa shape index (κ3) is 3.55. The Labute approximate surface area is 183 Å². The number of pyridine rings is 1. The van der Waals surface area contributed by atoms with Gasteiger partial charge in [0.1, 0.15) is 11.6 Å². The smallest absolute Gasteiger partial charge is 0.363 e. The van der Waals surface area contributed by atoms with Crippen LogP contribution in [0, 0.1) is 12.8 Å². The van der Waals surface area contributed by atoms with Gasteiger partial charge in [0.15, 0.2) is 0 Å². The normalized spacial score (nSPS) is 23.6. The van der Waals surface area contributed by atoms with Crippen molar-refractivity contribution in [3.8, 4) is 0 Å². The van der Waals surface area contributed by atoms with Crippen molar-refractivity contribution in [2.45, 2.75) is 63.7 Å². The van der Waals surface area contributed by atoms with Crippen molar-refractivity contribution >= 4 is 16.7 Å². The highest BCUT2D eigenvalue weighted by molar-refractivity contribution is 5.88. The van der Waals surface area contributed by atoms with Crippen LogP contribution in [-0.2, 0) is 11.7 Å². The van der Waals surface area contributed by atoms with Crippen molar-refractivity contribution in [2.75, 3.05) is 5.32 Å². The Balaban J connectivity index is 1.55. The number of nitrogens with one attached hydrogen (secondary N) is 1. The molecule has 2 aromatic heterocycles. The molecule has 0 unspecified atom stereocenters. The first-order valence-electron chi connectivity index (χ1n) is 11.0. The molecule has 0 amide bonds. The summed E-state index contributed by atoms with van der Waals surface area (Å²) in [4.78, 5) is 21.9. The number of fused-ring (bicyclic) bond motifs is 3. The number of nitrogens with zero attached hydrogens (tertiary/aromatic N) is 3. The third-order valence-electron chi connectivity index (χ3n) is 7.13. The van der Waals surface area contributed by atoms with Gasteiger partial charge in [-0.15, -0.1) is 0 Å². The molecule has 5 nitrogen and oxygen atoms in total. The fourth-order valence-electron chi connectivity index (χ4n) is 5.47. The second-order valence-corrected chi connectivity index (χ2v) is 9.26. The summed E-state index contributed by atoms with van der Waals surface area (Å²) >= 11 is 0. The number of aromatic nitrogens is 3. The fraction of sp³-hybridized carbons (Fsp3) is 0.458. The van der Waals surface area contributed by atoms with Crippen LogP contribution in [0.2, 0.25) is 0 Å². The van der Waals surface area contributed by atoms with Crippen LogP contribution in [0.3, 0.4) is 0 Å². The molecule has 3 aromatic rings. The third-order valence-corrected chi connectivity index (χ3v) is 7.13. The summed E-state index contributed by atoms with van der Waals surface area (Å²) in [7, 11) is 0. The van der Waals surface area contributed by atoms with Crippen LogP contribution in [0.15, 0.2) is 41.3 Å². The molecule has 0 spiro atoms. The van der Waals surface area contributed by atoms with Crippen LogP contribution in [-0.4, -0.2) is 14.5 Å². The number of hydrogen-bond acceptors (Lipinski definition) is 4. The molecular formula is C24H25F3N4O. The van der Waals surface area contributed by atoms with Crippen molar-refractivity contribution in [1.29, 1.82) is 0 Å². The molecule has 0 radical (unpaired) electrons. The van der Waals surface area contributed by atoms with E-state index in [0.29, 0.717) is 34.0 Å². The first-order chi connectivity index (χ1) is 15.1. The molecule has 2 fully saturated rings. The van der Waals surface area contributed by atoms with Crippen molar-refractivity contribution in [3.63, 3.8) is 0 Å². The zero-order chi connectivity index (χ0) is 22.7. The molecule has 1 N–H and O–H groups in total. The topological polar surface area (TPSA) is 59.8 Å². The van der Waals surface area contributed by atoms with E-state index < -0.39 is 17.8 Å². The number of rotatable bonds is 4. The molecular weight excluding hydrogens is 417 g/mol. The van der Waals surface area contributed by atoms with Crippen LogP contribution < -0.4 is 10.9 Å². The van der Waals surface area contributed by atoms with E-state index in [1.54, 1.807) is 26.0 Å². The summed E-state index contributed by atoms with van der Waals surface area (Å²) in [5.41, 5.74) is 0.171. The monoisotopic (exact) mass is 442 g/mol. The van der Waals surface area contributed by atoms with Gasteiger partial charge >= 0.3 is 6.18 Å². The summed E-state index contributed by atoms with van der Waals surface area (Å²) in [6.07, 6.45) is 2.77. The van der Waals surface area contributed by atoms with Gasteiger partial charge in [0.2, 0.25) is 0 Å². The Morgan fingerprint density at radius 1 is 1.19 bits per heavy atom. The summed E-state index contributed by atoms with van der Waals surface area (Å²) < 4.78 is 41.3. The van der Waals surface area contributed by atoms with E-state index in [-0.39, 0.29) is 11.1 Å². The molecule has 1 aromatic carbocycles. The van der Waals surface area contributed by atoms with Crippen LogP contribution in [0.4, 0.5) is 19.0 Å². The fourth-order valence-corrected chi connectivity index (χ4v) is 5.47. The molecule has 8 heteroatoms. The first-order valence-corrected chi connectivity index (χ1v) is 11.0. The number of halogens is 3. The Bertz CT molecular complexity index is 1240. The predicted octanol–water partition coefficient (Wildman–Crippen LogP) is 5.58. The van der Waals surface area contributed by atoms with Gasteiger partial charge < -0.3 is 9.88 Å². The number of anilines is 1. The van der Waals surface area contributed by atoms with Crippen molar-refractivity contribution in [2.24, 2.45) is 5.92 Å². The van der Waals surface area contributed by atoms with Crippen LogP contribution in [0.1, 0.15) is 62.0 Å². The minimum absolute atomic E-state index is 0.0602. The summed E-state index contributed by atoms with van der Waals surface area (Å²) in [5, 5.41) is 3.97. The SMILES string of the molecule is Cc1nc(N[C@H](C)c2cccc(C(F)(F)F)c2)c2cn(C34CCC(CC3)C4)c(=O)cc2n1. The molecule has 0 saturated heterocycles. The maximum absolute atomic E-state index is 13.1. The van der Waals surface area contributed by atoms with Crippen LogP contribution >= 0.6 is 0 Å². The minimum atomic E-state index is -4.40. The van der Waals surface area contributed by atoms with Gasteiger partial charge in [0.05, 0.1) is 16.5 Å². The number of aryl methyl sites for hydroxylation is 1.